The van der Waals surface area contributed by atoms with Crippen LogP contribution in [0.25, 0.3) is 0 Å². The zero-order chi connectivity index (χ0) is 20.1. The van der Waals surface area contributed by atoms with Crippen molar-refractivity contribution in [1.82, 2.24) is 9.78 Å². The van der Waals surface area contributed by atoms with E-state index in [2.05, 4.69) is 10.4 Å². The third-order valence-electron chi connectivity index (χ3n) is 4.73. The maximum Gasteiger partial charge on any atom is 0.287 e. The smallest absolute Gasteiger partial charge is 0.287 e. The summed E-state index contributed by atoms with van der Waals surface area (Å²) in [5.41, 5.74) is 6.75. The quantitative estimate of drug-likeness (QED) is 0.643. The van der Waals surface area contributed by atoms with Crippen LogP contribution in [0, 0.1) is 11.2 Å². The van der Waals surface area contributed by atoms with E-state index in [0.717, 1.165) is 6.21 Å². The number of piperidine rings is 1. The normalized spacial score (nSPS) is 15.5. The second-order valence-electron chi connectivity index (χ2n) is 6.55. The number of hydrogen-bond donors (Lipinski definition) is 3. The van der Waals surface area contributed by atoms with Crippen molar-refractivity contribution in [2.45, 2.75) is 18.9 Å². The van der Waals surface area contributed by atoms with Crippen molar-refractivity contribution >= 4 is 29.2 Å². The lowest BCUT2D eigenvalue weighted by Crippen LogP contribution is -2.39. The molecule has 148 valence electrons. The number of para-hydroxylation sites is 1. The fourth-order valence-electron chi connectivity index (χ4n) is 3.25. The topological polar surface area (TPSA) is 100 Å². The standard InChI is InChI=1S/C19H22ClFN6O/c20-18-16(24-11-13(23)5-8-22)12-25-27(19(18)28)14-6-9-26(10-7-14)17-4-2-1-3-15(17)21/h1-5,8,12,14,22,24H,6-7,9-11,23H2/b13-5-,22-8?. The number of anilines is 2. The molecule has 1 fully saturated rings. The maximum absolute atomic E-state index is 14.0. The molecule has 1 saturated heterocycles. The van der Waals surface area contributed by atoms with Gasteiger partial charge in [0.15, 0.2) is 0 Å². The van der Waals surface area contributed by atoms with Crippen LogP contribution >= 0.6 is 11.6 Å². The van der Waals surface area contributed by atoms with Crippen LogP contribution < -0.4 is 21.5 Å². The van der Waals surface area contributed by atoms with Gasteiger partial charge in [-0.15, -0.1) is 0 Å². The monoisotopic (exact) mass is 404 g/mol. The number of nitrogens with one attached hydrogen (secondary N) is 2. The van der Waals surface area contributed by atoms with E-state index >= 15 is 0 Å². The summed E-state index contributed by atoms with van der Waals surface area (Å²) in [5, 5.41) is 14.3. The first-order valence-electron chi connectivity index (χ1n) is 8.97. The van der Waals surface area contributed by atoms with Crippen molar-refractivity contribution in [2.75, 3.05) is 29.9 Å². The number of nitrogens with two attached hydrogens (primary N) is 1. The Hall–Kier alpha value is -2.87. The predicted molar refractivity (Wildman–Crippen MR) is 110 cm³/mol. The van der Waals surface area contributed by atoms with Gasteiger partial charge in [0.1, 0.15) is 10.8 Å². The zero-order valence-corrected chi connectivity index (χ0v) is 16.0. The molecule has 0 spiro atoms. The summed E-state index contributed by atoms with van der Waals surface area (Å²) in [4.78, 5) is 14.6. The van der Waals surface area contributed by atoms with Gasteiger partial charge in [-0.1, -0.05) is 23.7 Å². The van der Waals surface area contributed by atoms with Crippen molar-refractivity contribution < 1.29 is 4.39 Å². The Morgan fingerprint density at radius 2 is 2.11 bits per heavy atom. The summed E-state index contributed by atoms with van der Waals surface area (Å²) in [5.74, 6) is -0.244. The minimum absolute atomic E-state index is 0.0502. The van der Waals surface area contributed by atoms with Crippen LogP contribution in [0.15, 0.2) is 47.0 Å². The van der Waals surface area contributed by atoms with Gasteiger partial charge in [-0.25, -0.2) is 9.07 Å². The molecule has 28 heavy (non-hydrogen) atoms. The number of halogens is 2. The Morgan fingerprint density at radius 1 is 1.39 bits per heavy atom. The highest BCUT2D eigenvalue weighted by Gasteiger charge is 2.24. The van der Waals surface area contributed by atoms with Gasteiger partial charge in [0.2, 0.25) is 0 Å². The summed E-state index contributed by atoms with van der Waals surface area (Å²) in [6.07, 6.45) is 5.37. The molecule has 9 heteroatoms. The number of allylic oxidation sites excluding steroid dienone is 1. The van der Waals surface area contributed by atoms with Crippen molar-refractivity contribution in [1.29, 1.82) is 5.41 Å². The van der Waals surface area contributed by atoms with Crippen molar-refractivity contribution in [3.05, 3.63) is 63.4 Å². The lowest BCUT2D eigenvalue weighted by atomic mass is 10.0. The molecule has 1 aromatic heterocycles. The van der Waals surface area contributed by atoms with Crippen LogP contribution in [0.2, 0.25) is 5.02 Å². The van der Waals surface area contributed by atoms with Crippen molar-refractivity contribution in [3.8, 4) is 0 Å². The average Bonchev–Trinajstić information content (AvgIpc) is 2.70. The lowest BCUT2D eigenvalue weighted by Gasteiger charge is -2.34. The summed E-state index contributed by atoms with van der Waals surface area (Å²) in [6.45, 7) is 1.51. The van der Waals surface area contributed by atoms with E-state index in [4.69, 9.17) is 22.7 Å². The SMILES string of the molecule is N=C/C=C(\N)CNc1cnn(C2CCN(c3ccccc3F)CC2)c(=O)c1Cl. The Labute approximate surface area is 167 Å². The molecular formula is C19H22ClFN6O. The van der Waals surface area contributed by atoms with Crippen LogP contribution in [0.4, 0.5) is 15.8 Å². The minimum atomic E-state index is -0.370. The van der Waals surface area contributed by atoms with E-state index in [1.165, 1.54) is 23.0 Å². The van der Waals surface area contributed by atoms with Crippen LogP contribution in [-0.2, 0) is 0 Å². The van der Waals surface area contributed by atoms with Gasteiger partial charge >= 0.3 is 0 Å². The minimum Gasteiger partial charge on any atom is -0.401 e. The number of aromatic nitrogens is 2. The largest absolute Gasteiger partial charge is 0.401 e. The van der Waals surface area contributed by atoms with E-state index in [1.807, 2.05) is 11.0 Å². The van der Waals surface area contributed by atoms with Gasteiger partial charge in [-0.2, -0.15) is 5.10 Å². The first-order chi connectivity index (χ1) is 13.5. The summed E-state index contributed by atoms with van der Waals surface area (Å²) < 4.78 is 15.4. The molecule has 2 aromatic rings. The van der Waals surface area contributed by atoms with Gasteiger partial charge in [-0.3, -0.25) is 4.79 Å². The molecular weight excluding hydrogens is 383 g/mol. The molecule has 0 amide bonds. The third kappa shape index (κ3) is 4.33. The maximum atomic E-state index is 14.0. The fraction of sp³-hybridized carbons (Fsp3) is 0.316. The Bertz CT molecular complexity index is 936. The van der Waals surface area contributed by atoms with E-state index in [9.17, 15) is 9.18 Å². The zero-order valence-electron chi connectivity index (χ0n) is 15.2. The molecule has 1 aliphatic rings. The van der Waals surface area contributed by atoms with Crippen LogP contribution in [0.3, 0.4) is 0 Å². The third-order valence-corrected chi connectivity index (χ3v) is 5.09. The number of nitrogens with zero attached hydrogens (tertiary/aromatic N) is 3. The van der Waals surface area contributed by atoms with E-state index in [1.54, 1.807) is 12.1 Å². The highest BCUT2D eigenvalue weighted by atomic mass is 35.5. The molecule has 0 radical (unpaired) electrons. The van der Waals surface area contributed by atoms with E-state index in [-0.39, 0.29) is 29.0 Å². The first-order valence-corrected chi connectivity index (χ1v) is 9.35. The Balaban J connectivity index is 1.69. The Morgan fingerprint density at radius 3 is 2.79 bits per heavy atom. The van der Waals surface area contributed by atoms with Crippen LogP contribution in [-0.4, -0.2) is 35.6 Å². The molecule has 7 nitrogen and oxygen atoms in total. The second kappa shape index (κ2) is 8.88. The highest BCUT2D eigenvalue weighted by molar-refractivity contribution is 6.32. The molecule has 0 bridgehead atoms. The van der Waals surface area contributed by atoms with Gasteiger partial charge in [-0.05, 0) is 31.1 Å². The molecule has 1 aliphatic heterocycles. The first kappa shape index (κ1) is 19.9. The van der Waals surface area contributed by atoms with Crippen molar-refractivity contribution in [3.63, 3.8) is 0 Å². The highest BCUT2D eigenvalue weighted by Crippen LogP contribution is 2.27. The molecule has 0 aliphatic carbocycles. The van der Waals surface area contributed by atoms with E-state index in [0.29, 0.717) is 43.0 Å². The number of benzene rings is 1. The lowest BCUT2D eigenvalue weighted by molar-refractivity contribution is 0.352. The van der Waals surface area contributed by atoms with Crippen LogP contribution in [0.5, 0.6) is 0 Å². The van der Waals surface area contributed by atoms with Gasteiger partial charge in [0.25, 0.3) is 5.56 Å². The molecule has 4 N–H and O–H groups in total. The summed E-state index contributed by atoms with van der Waals surface area (Å²) in [6, 6.07) is 6.59. The molecule has 0 atom stereocenters. The van der Waals surface area contributed by atoms with Gasteiger partial charge < -0.3 is 21.4 Å². The second-order valence-corrected chi connectivity index (χ2v) is 6.93. The van der Waals surface area contributed by atoms with Gasteiger partial charge in [0.05, 0.1) is 30.2 Å². The van der Waals surface area contributed by atoms with Gasteiger partial charge in [0, 0.05) is 25.0 Å². The number of hydrogen-bond acceptors (Lipinski definition) is 6. The Kier molecular flexibility index (Phi) is 6.30. The fourth-order valence-corrected chi connectivity index (χ4v) is 3.45. The van der Waals surface area contributed by atoms with Crippen LogP contribution in [0.1, 0.15) is 18.9 Å². The van der Waals surface area contributed by atoms with Crippen molar-refractivity contribution in [2.24, 2.45) is 5.73 Å². The number of rotatable bonds is 6. The predicted octanol–water partition coefficient (Wildman–Crippen LogP) is 2.78. The molecule has 3 rings (SSSR count). The molecule has 0 unspecified atom stereocenters. The molecule has 0 saturated carbocycles. The summed E-state index contributed by atoms with van der Waals surface area (Å²) >= 11 is 6.22. The molecule has 2 heterocycles. The molecule has 1 aromatic carbocycles. The average molecular weight is 405 g/mol. The summed E-state index contributed by atoms with van der Waals surface area (Å²) in [7, 11) is 0. The van der Waals surface area contributed by atoms with E-state index < -0.39 is 0 Å².